The monoisotopic (exact) mass is 358 g/mol. The van der Waals surface area contributed by atoms with Crippen molar-refractivity contribution in [1.29, 1.82) is 0 Å². The molecular weight excluding hydrogens is 340 g/mol. The topological polar surface area (TPSA) is 109 Å². The van der Waals surface area contributed by atoms with E-state index in [4.69, 9.17) is 4.42 Å². The molecule has 0 saturated carbocycles. The van der Waals surface area contributed by atoms with Gasteiger partial charge in [0.2, 0.25) is 5.91 Å². The number of nitro groups is 1. The van der Waals surface area contributed by atoms with Gasteiger partial charge in [0, 0.05) is 44.5 Å². The number of carbonyl (C=O) groups is 2. The van der Waals surface area contributed by atoms with Crippen molar-refractivity contribution < 1.29 is 18.9 Å². The van der Waals surface area contributed by atoms with Crippen LogP contribution in [0, 0.1) is 10.1 Å². The molecular formula is C17H18N4O5. The number of furan rings is 1. The number of nitrogens with one attached hydrogen (secondary N) is 1. The van der Waals surface area contributed by atoms with Crippen LogP contribution in [0.2, 0.25) is 0 Å². The Morgan fingerprint density at radius 2 is 1.73 bits per heavy atom. The molecule has 0 radical (unpaired) electrons. The van der Waals surface area contributed by atoms with Gasteiger partial charge in [0.25, 0.3) is 5.91 Å². The first kappa shape index (κ1) is 17.5. The summed E-state index contributed by atoms with van der Waals surface area (Å²) < 4.78 is 4.88. The van der Waals surface area contributed by atoms with Crippen molar-refractivity contribution in [3.05, 3.63) is 52.3 Å². The summed E-state index contributed by atoms with van der Waals surface area (Å²) in [5.74, 6) is -1.07. The zero-order chi connectivity index (χ0) is 18.7. The number of benzene rings is 1. The molecule has 9 heteroatoms. The van der Waals surface area contributed by atoms with Crippen LogP contribution in [0.5, 0.6) is 0 Å². The van der Waals surface area contributed by atoms with E-state index >= 15 is 0 Å². The first-order valence-corrected chi connectivity index (χ1v) is 8.10. The smallest absolute Gasteiger partial charge is 0.395 e. The highest BCUT2D eigenvalue weighted by Gasteiger charge is 2.19. The first-order valence-electron chi connectivity index (χ1n) is 8.10. The van der Waals surface area contributed by atoms with Gasteiger partial charge in [0.05, 0.1) is 6.07 Å². The lowest BCUT2D eigenvalue weighted by Gasteiger charge is -2.35. The molecule has 0 atom stereocenters. The van der Waals surface area contributed by atoms with Crippen molar-refractivity contribution in [1.82, 2.24) is 4.90 Å². The van der Waals surface area contributed by atoms with E-state index in [9.17, 15) is 19.7 Å². The van der Waals surface area contributed by atoms with Crippen LogP contribution in [0.4, 0.5) is 17.3 Å². The second-order valence-corrected chi connectivity index (χ2v) is 5.89. The number of carbonyl (C=O) groups excluding carboxylic acids is 2. The van der Waals surface area contributed by atoms with E-state index in [0.717, 1.165) is 24.8 Å². The Hall–Kier alpha value is -3.36. The fourth-order valence-corrected chi connectivity index (χ4v) is 2.78. The molecule has 1 aromatic heterocycles. The Morgan fingerprint density at radius 3 is 2.27 bits per heavy atom. The van der Waals surface area contributed by atoms with E-state index < -0.39 is 16.7 Å². The number of hydrogen-bond acceptors (Lipinski definition) is 6. The summed E-state index contributed by atoms with van der Waals surface area (Å²) in [4.78, 5) is 37.3. The van der Waals surface area contributed by atoms with E-state index in [1.54, 1.807) is 19.1 Å². The van der Waals surface area contributed by atoms with Crippen molar-refractivity contribution in [3.8, 4) is 0 Å². The lowest BCUT2D eigenvalue weighted by Crippen LogP contribution is -2.48. The minimum absolute atomic E-state index is 0.0841. The highest BCUT2D eigenvalue weighted by molar-refractivity contribution is 6.02. The summed E-state index contributed by atoms with van der Waals surface area (Å²) in [6.07, 6.45) is 0. The van der Waals surface area contributed by atoms with Crippen molar-refractivity contribution >= 4 is 29.1 Å². The largest absolute Gasteiger partial charge is 0.433 e. The zero-order valence-corrected chi connectivity index (χ0v) is 14.2. The molecule has 0 unspecified atom stereocenters. The first-order chi connectivity index (χ1) is 12.4. The number of nitrogens with zero attached hydrogens (tertiary/aromatic N) is 3. The van der Waals surface area contributed by atoms with Crippen molar-refractivity contribution in [2.24, 2.45) is 0 Å². The van der Waals surface area contributed by atoms with Crippen LogP contribution in [-0.4, -0.2) is 47.8 Å². The lowest BCUT2D eigenvalue weighted by atomic mass is 10.2. The number of amides is 2. The van der Waals surface area contributed by atoms with Crippen molar-refractivity contribution in [2.45, 2.75) is 6.92 Å². The Balaban J connectivity index is 1.60. The van der Waals surface area contributed by atoms with Crippen LogP contribution in [0.1, 0.15) is 17.5 Å². The molecule has 2 amide bonds. The van der Waals surface area contributed by atoms with Crippen LogP contribution in [0.15, 0.2) is 40.8 Å². The predicted octanol–water partition coefficient (Wildman–Crippen LogP) is 2.11. The van der Waals surface area contributed by atoms with Gasteiger partial charge in [-0.1, -0.05) is 0 Å². The molecule has 1 aromatic carbocycles. The summed E-state index contributed by atoms with van der Waals surface area (Å²) in [5, 5.41) is 13.2. The molecule has 9 nitrogen and oxygen atoms in total. The van der Waals surface area contributed by atoms with Crippen LogP contribution in [0.25, 0.3) is 0 Å². The van der Waals surface area contributed by atoms with Gasteiger partial charge in [0.15, 0.2) is 5.76 Å². The third-order valence-corrected chi connectivity index (χ3v) is 4.21. The van der Waals surface area contributed by atoms with Crippen molar-refractivity contribution in [3.63, 3.8) is 0 Å². The molecule has 0 aliphatic carbocycles. The molecule has 136 valence electrons. The van der Waals surface area contributed by atoms with Gasteiger partial charge in [-0.3, -0.25) is 19.7 Å². The van der Waals surface area contributed by atoms with Crippen LogP contribution < -0.4 is 10.2 Å². The molecule has 2 heterocycles. The average Bonchev–Trinajstić information content (AvgIpc) is 3.13. The summed E-state index contributed by atoms with van der Waals surface area (Å²) in [6.45, 7) is 4.44. The Labute approximate surface area is 149 Å². The molecule has 3 rings (SSSR count). The molecule has 0 spiro atoms. The molecule has 26 heavy (non-hydrogen) atoms. The highest BCUT2D eigenvalue weighted by Crippen LogP contribution is 2.21. The SMILES string of the molecule is CC(=O)N1CCN(c2ccc(NC(=O)c3ccc([N+](=O)[O-])o3)cc2)CC1. The molecule has 1 saturated heterocycles. The molecule has 1 fully saturated rings. The maximum Gasteiger partial charge on any atom is 0.433 e. The number of hydrogen-bond donors (Lipinski definition) is 1. The van der Waals surface area contributed by atoms with Gasteiger partial charge < -0.3 is 19.5 Å². The summed E-state index contributed by atoms with van der Waals surface area (Å²) in [6, 6.07) is 9.66. The minimum Gasteiger partial charge on any atom is -0.395 e. The van der Waals surface area contributed by atoms with Gasteiger partial charge in [-0.25, -0.2) is 0 Å². The molecule has 2 aromatic rings. The minimum atomic E-state index is -0.697. The van der Waals surface area contributed by atoms with E-state index in [2.05, 4.69) is 10.2 Å². The Kier molecular flexibility index (Phi) is 4.87. The number of anilines is 2. The van der Waals surface area contributed by atoms with Gasteiger partial charge >= 0.3 is 5.88 Å². The number of piperazine rings is 1. The predicted molar refractivity (Wildman–Crippen MR) is 94.2 cm³/mol. The van der Waals surface area contributed by atoms with Gasteiger partial charge in [0.1, 0.15) is 4.92 Å². The Bertz CT molecular complexity index is 822. The highest BCUT2D eigenvalue weighted by atomic mass is 16.6. The van der Waals surface area contributed by atoms with E-state index in [1.165, 1.54) is 6.07 Å². The summed E-state index contributed by atoms with van der Waals surface area (Å²) in [5.41, 5.74) is 1.56. The van der Waals surface area contributed by atoms with Gasteiger partial charge in [-0.15, -0.1) is 0 Å². The normalized spacial score (nSPS) is 14.2. The van der Waals surface area contributed by atoms with Gasteiger partial charge in [-0.05, 0) is 30.3 Å². The Morgan fingerprint density at radius 1 is 1.08 bits per heavy atom. The summed E-state index contributed by atoms with van der Waals surface area (Å²) >= 11 is 0. The maximum atomic E-state index is 12.1. The van der Waals surface area contributed by atoms with Crippen LogP contribution in [-0.2, 0) is 4.79 Å². The fourth-order valence-electron chi connectivity index (χ4n) is 2.78. The van der Waals surface area contributed by atoms with E-state index in [1.807, 2.05) is 17.0 Å². The molecule has 1 aliphatic rings. The molecule has 1 aliphatic heterocycles. The molecule has 1 N–H and O–H groups in total. The standard InChI is InChI=1S/C17H18N4O5/c1-12(22)19-8-10-20(11-9-19)14-4-2-13(3-5-14)18-17(23)15-6-7-16(26-15)21(24)25/h2-7H,8-11H2,1H3,(H,18,23). The molecule has 0 bridgehead atoms. The zero-order valence-electron chi connectivity index (χ0n) is 14.2. The van der Waals surface area contributed by atoms with E-state index in [-0.39, 0.29) is 11.7 Å². The van der Waals surface area contributed by atoms with Crippen LogP contribution in [0.3, 0.4) is 0 Å². The third-order valence-electron chi connectivity index (χ3n) is 4.21. The van der Waals surface area contributed by atoms with Crippen LogP contribution >= 0.6 is 0 Å². The summed E-state index contributed by atoms with van der Waals surface area (Å²) in [7, 11) is 0. The second kappa shape index (κ2) is 7.26. The average molecular weight is 358 g/mol. The fraction of sp³-hybridized carbons (Fsp3) is 0.294. The van der Waals surface area contributed by atoms with Gasteiger partial charge in [-0.2, -0.15) is 0 Å². The lowest BCUT2D eigenvalue weighted by molar-refractivity contribution is -0.402. The third kappa shape index (κ3) is 3.82. The maximum absolute atomic E-state index is 12.1. The number of rotatable bonds is 4. The van der Waals surface area contributed by atoms with E-state index in [0.29, 0.717) is 18.8 Å². The van der Waals surface area contributed by atoms with Crippen molar-refractivity contribution in [2.75, 3.05) is 36.4 Å². The second-order valence-electron chi connectivity index (χ2n) is 5.89. The quantitative estimate of drug-likeness (QED) is 0.662.